The highest BCUT2D eigenvalue weighted by molar-refractivity contribution is 8.00. The highest BCUT2D eigenvalue weighted by Crippen LogP contribution is 2.23. The van der Waals surface area contributed by atoms with Crippen molar-refractivity contribution in [3.05, 3.63) is 95.6 Å². The summed E-state index contributed by atoms with van der Waals surface area (Å²) in [6.07, 6.45) is 0. The van der Waals surface area contributed by atoms with Gasteiger partial charge in [0.2, 0.25) is 0 Å². The summed E-state index contributed by atoms with van der Waals surface area (Å²) in [4.78, 5) is 6.41. The molecule has 0 amide bonds. The Morgan fingerprint density at radius 3 is 2.39 bits per heavy atom. The SMILES string of the molecule is COc1ccc(SC/C(=N\OCc2ccccc2)c2ccc(F)cc2F)cc1. The lowest BCUT2D eigenvalue weighted by atomic mass is 10.1. The number of benzene rings is 3. The van der Waals surface area contributed by atoms with Gasteiger partial charge in [-0.1, -0.05) is 35.5 Å². The van der Waals surface area contributed by atoms with Crippen LogP contribution in [0.25, 0.3) is 0 Å². The summed E-state index contributed by atoms with van der Waals surface area (Å²) in [6.45, 7) is 0.264. The summed E-state index contributed by atoms with van der Waals surface area (Å²) >= 11 is 1.47. The molecular weight excluding hydrogens is 380 g/mol. The first-order chi connectivity index (χ1) is 13.7. The Hall–Kier alpha value is -2.86. The van der Waals surface area contributed by atoms with Crippen LogP contribution in [0.4, 0.5) is 8.78 Å². The number of hydrogen-bond acceptors (Lipinski definition) is 4. The molecule has 0 aliphatic heterocycles. The minimum atomic E-state index is -0.669. The van der Waals surface area contributed by atoms with Crippen molar-refractivity contribution in [2.45, 2.75) is 11.5 Å². The van der Waals surface area contributed by atoms with Gasteiger partial charge in [-0.05, 0) is 42.0 Å². The predicted molar refractivity (Wildman–Crippen MR) is 108 cm³/mol. The van der Waals surface area contributed by atoms with Crippen LogP contribution in [-0.2, 0) is 11.4 Å². The summed E-state index contributed by atoms with van der Waals surface area (Å²) in [5.74, 6) is -0.177. The molecule has 0 unspecified atom stereocenters. The van der Waals surface area contributed by atoms with Crippen molar-refractivity contribution >= 4 is 17.5 Å². The van der Waals surface area contributed by atoms with E-state index in [1.807, 2.05) is 54.6 Å². The first-order valence-corrected chi connectivity index (χ1v) is 9.59. The molecule has 0 fully saturated rings. The molecule has 0 saturated heterocycles. The lowest BCUT2D eigenvalue weighted by Gasteiger charge is -2.09. The van der Waals surface area contributed by atoms with E-state index in [0.717, 1.165) is 22.3 Å². The van der Waals surface area contributed by atoms with Crippen LogP contribution in [0.5, 0.6) is 5.75 Å². The number of oxime groups is 1. The van der Waals surface area contributed by atoms with Gasteiger partial charge in [-0.15, -0.1) is 11.8 Å². The van der Waals surface area contributed by atoms with Crippen molar-refractivity contribution in [2.24, 2.45) is 5.16 Å². The van der Waals surface area contributed by atoms with Gasteiger partial charge in [-0.3, -0.25) is 0 Å². The molecular formula is C22H19F2NO2S. The first-order valence-electron chi connectivity index (χ1n) is 8.61. The smallest absolute Gasteiger partial charge is 0.142 e. The van der Waals surface area contributed by atoms with Gasteiger partial charge in [0, 0.05) is 22.3 Å². The van der Waals surface area contributed by atoms with E-state index in [0.29, 0.717) is 11.5 Å². The Balaban J connectivity index is 1.75. The van der Waals surface area contributed by atoms with E-state index < -0.39 is 11.6 Å². The quantitative estimate of drug-likeness (QED) is 0.277. The summed E-state index contributed by atoms with van der Waals surface area (Å²) in [5, 5.41) is 4.14. The number of rotatable bonds is 8. The van der Waals surface area contributed by atoms with E-state index in [2.05, 4.69) is 5.16 Å². The average Bonchev–Trinajstić information content (AvgIpc) is 2.72. The molecule has 144 valence electrons. The maximum atomic E-state index is 14.3. The lowest BCUT2D eigenvalue weighted by molar-refractivity contribution is 0.130. The van der Waals surface area contributed by atoms with Crippen LogP contribution in [0.1, 0.15) is 11.1 Å². The molecule has 0 heterocycles. The van der Waals surface area contributed by atoms with Gasteiger partial charge in [-0.25, -0.2) is 8.78 Å². The van der Waals surface area contributed by atoms with E-state index >= 15 is 0 Å². The molecule has 3 nitrogen and oxygen atoms in total. The molecule has 0 radical (unpaired) electrons. The number of thioether (sulfide) groups is 1. The number of nitrogens with zero attached hydrogens (tertiary/aromatic N) is 1. The molecule has 0 aliphatic carbocycles. The standard InChI is InChI=1S/C22H19F2NO2S/c1-26-18-8-10-19(11-9-18)28-15-22(20-12-7-17(23)13-21(20)24)25-27-14-16-5-3-2-4-6-16/h2-13H,14-15H2,1H3/b25-22+. The van der Waals surface area contributed by atoms with E-state index in [4.69, 9.17) is 9.57 Å². The van der Waals surface area contributed by atoms with Crippen LogP contribution in [0.15, 0.2) is 82.8 Å². The van der Waals surface area contributed by atoms with Crippen LogP contribution in [0.2, 0.25) is 0 Å². The Labute approximate surface area is 167 Å². The number of ether oxygens (including phenoxy) is 1. The number of hydrogen-bond donors (Lipinski definition) is 0. The highest BCUT2D eigenvalue weighted by Gasteiger charge is 2.13. The minimum absolute atomic E-state index is 0.218. The van der Waals surface area contributed by atoms with E-state index in [1.54, 1.807) is 7.11 Å². The van der Waals surface area contributed by atoms with Gasteiger partial charge in [0.25, 0.3) is 0 Å². The molecule has 3 aromatic rings. The molecule has 28 heavy (non-hydrogen) atoms. The maximum absolute atomic E-state index is 14.3. The molecule has 0 aliphatic rings. The summed E-state index contributed by atoms with van der Waals surface area (Å²) in [7, 11) is 1.61. The van der Waals surface area contributed by atoms with Gasteiger partial charge in [0.1, 0.15) is 29.7 Å². The van der Waals surface area contributed by atoms with Crippen molar-refractivity contribution in [3.8, 4) is 5.75 Å². The van der Waals surface area contributed by atoms with Gasteiger partial charge >= 0.3 is 0 Å². The highest BCUT2D eigenvalue weighted by atomic mass is 32.2. The van der Waals surface area contributed by atoms with Gasteiger partial charge in [0.05, 0.1) is 7.11 Å². The van der Waals surface area contributed by atoms with Gasteiger partial charge in [-0.2, -0.15) is 0 Å². The van der Waals surface area contributed by atoms with Crippen molar-refractivity contribution in [1.82, 2.24) is 0 Å². The normalized spacial score (nSPS) is 11.3. The van der Waals surface area contributed by atoms with E-state index in [-0.39, 0.29) is 12.2 Å². The fourth-order valence-corrected chi connectivity index (χ4v) is 3.30. The first kappa shape index (κ1) is 19.9. The third kappa shape index (κ3) is 5.57. The molecule has 0 saturated carbocycles. The zero-order valence-corrected chi connectivity index (χ0v) is 16.1. The lowest BCUT2D eigenvalue weighted by Crippen LogP contribution is -2.09. The zero-order chi connectivity index (χ0) is 19.8. The van der Waals surface area contributed by atoms with Crippen LogP contribution < -0.4 is 4.74 Å². The summed E-state index contributed by atoms with van der Waals surface area (Å²) in [6, 6.07) is 20.5. The van der Waals surface area contributed by atoms with Crippen molar-refractivity contribution in [2.75, 3.05) is 12.9 Å². The van der Waals surface area contributed by atoms with Crippen LogP contribution in [0, 0.1) is 11.6 Å². The van der Waals surface area contributed by atoms with E-state index in [1.165, 1.54) is 23.9 Å². The molecule has 0 N–H and O–H groups in total. The Bertz CT molecular complexity index is 931. The predicted octanol–water partition coefficient (Wildman–Crippen LogP) is 5.69. The number of halogens is 2. The summed E-state index contributed by atoms with van der Waals surface area (Å²) in [5.41, 5.74) is 1.57. The topological polar surface area (TPSA) is 30.8 Å². The Morgan fingerprint density at radius 1 is 0.964 bits per heavy atom. The molecule has 0 bridgehead atoms. The fourth-order valence-electron chi connectivity index (χ4n) is 2.46. The molecule has 3 rings (SSSR count). The molecule has 0 atom stereocenters. The van der Waals surface area contributed by atoms with Gasteiger partial charge < -0.3 is 9.57 Å². The van der Waals surface area contributed by atoms with E-state index in [9.17, 15) is 8.78 Å². The van der Waals surface area contributed by atoms with Crippen LogP contribution in [-0.4, -0.2) is 18.6 Å². The fraction of sp³-hybridized carbons (Fsp3) is 0.136. The Kier molecular flexibility index (Phi) is 7.03. The third-order valence-electron chi connectivity index (χ3n) is 3.93. The monoisotopic (exact) mass is 399 g/mol. The molecule has 0 aromatic heterocycles. The maximum Gasteiger partial charge on any atom is 0.142 e. The van der Waals surface area contributed by atoms with Crippen molar-refractivity contribution in [3.63, 3.8) is 0 Å². The number of methoxy groups -OCH3 is 1. The summed E-state index contributed by atoms with van der Waals surface area (Å²) < 4.78 is 32.7. The second kappa shape index (κ2) is 9.90. The van der Waals surface area contributed by atoms with Crippen molar-refractivity contribution < 1.29 is 18.4 Å². The van der Waals surface area contributed by atoms with Crippen LogP contribution in [0.3, 0.4) is 0 Å². The second-order valence-electron chi connectivity index (χ2n) is 5.89. The zero-order valence-electron chi connectivity index (χ0n) is 15.3. The molecule has 3 aromatic carbocycles. The molecule has 0 spiro atoms. The third-order valence-corrected chi connectivity index (χ3v) is 4.95. The molecule has 6 heteroatoms. The van der Waals surface area contributed by atoms with Crippen LogP contribution >= 0.6 is 11.8 Å². The largest absolute Gasteiger partial charge is 0.497 e. The average molecular weight is 399 g/mol. The Morgan fingerprint density at radius 2 is 1.71 bits per heavy atom. The second-order valence-corrected chi connectivity index (χ2v) is 6.93. The van der Waals surface area contributed by atoms with Crippen molar-refractivity contribution in [1.29, 1.82) is 0 Å². The minimum Gasteiger partial charge on any atom is -0.497 e. The van der Waals surface area contributed by atoms with Gasteiger partial charge in [0.15, 0.2) is 0 Å².